The number of hydrogen-bond acceptors (Lipinski definition) is 2. The molecule has 0 radical (unpaired) electrons. The first kappa shape index (κ1) is 20.8. The average molecular weight is 365 g/mol. The summed E-state index contributed by atoms with van der Waals surface area (Å²) in [5.41, 5.74) is 4.19. The van der Waals surface area contributed by atoms with Gasteiger partial charge in [-0.2, -0.15) is 0 Å². The first-order chi connectivity index (χ1) is 13.2. The van der Waals surface area contributed by atoms with Gasteiger partial charge in [-0.25, -0.2) is 0 Å². The zero-order valence-corrected chi connectivity index (χ0v) is 16.5. The molecule has 0 saturated carbocycles. The van der Waals surface area contributed by atoms with Crippen molar-refractivity contribution in [1.29, 1.82) is 0 Å². The Kier molecular flexibility index (Phi) is 8.70. The van der Waals surface area contributed by atoms with Gasteiger partial charge in [-0.3, -0.25) is 0 Å². The molecule has 1 N–H and O–H groups in total. The van der Waals surface area contributed by atoms with Gasteiger partial charge in [0.05, 0.1) is 6.61 Å². The van der Waals surface area contributed by atoms with E-state index in [1.165, 1.54) is 31.2 Å². The highest BCUT2D eigenvalue weighted by Gasteiger charge is 2.10. The van der Waals surface area contributed by atoms with Gasteiger partial charge >= 0.3 is 0 Å². The fourth-order valence-electron chi connectivity index (χ4n) is 3.18. The van der Waals surface area contributed by atoms with Crippen molar-refractivity contribution in [1.82, 2.24) is 0 Å². The van der Waals surface area contributed by atoms with Crippen LogP contribution in [0.15, 0.2) is 61.7 Å². The molecule has 0 aliphatic carbocycles. The lowest BCUT2D eigenvalue weighted by Crippen LogP contribution is -2.00. The number of phenols is 1. The van der Waals surface area contributed by atoms with E-state index in [-0.39, 0.29) is 0 Å². The normalized spacial score (nSPS) is 10.6. The number of phenolic OH excluding ortho intramolecular Hbond substituents is 1. The second kappa shape index (κ2) is 11.3. The minimum Gasteiger partial charge on any atom is -0.508 e. The van der Waals surface area contributed by atoms with Crippen LogP contribution in [0.25, 0.3) is 11.1 Å². The van der Waals surface area contributed by atoms with Crippen molar-refractivity contribution < 1.29 is 9.84 Å². The van der Waals surface area contributed by atoms with Crippen molar-refractivity contribution in [2.75, 3.05) is 6.61 Å². The lowest BCUT2D eigenvalue weighted by molar-refractivity contribution is 0.305. The Bertz CT molecular complexity index is 746. The molecule has 0 amide bonds. The molecule has 0 heterocycles. The molecule has 0 spiro atoms. The van der Waals surface area contributed by atoms with Gasteiger partial charge in [0.15, 0.2) is 0 Å². The van der Waals surface area contributed by atoms with E-state index in [1.54, 1.807) is 12.1 Å². The highest BCUT2D eigenvalue weighted by atomic mass is 16.5. The van der Waals surface area contributed by atoms with Crippen LogP contribution in [0.4, 0.5) is 0 Å². The van der Waals surface area contributed by atoms with E-state index in [2.05, 4.69) is 38.3 Å². The Balaban J connectivity index is 2.23. The van der Waals surface area contributed by atoms with Crippen LogP contribution >= 0.6 is 0 Å². The molecule has 0 aliphatic rings. The van der Waals surface area contributed by atoms with Gasteiger partial charge in [-0.1, -0.05) is 56.9 Å². The van der Waals surface area contributed by atoms with E-state index >= 15 is 0 Å². The molecule has 0 unspecified atom stereocenters. The summed E-state index contributed by atoms with van der Waals surface area (Å²) in [4.78, 5) is 0. The summed E-state index contributed by atoms with van der Waals surface area (Å²) < 4.78 is 6.13. The van der Waals surface area contributed by atoms with Gasteiger partial charge in [0, 0.05) is 5.56 Å². The number of hydrogen-bond donors (Lipinski definition) is 1. The standard InChI is InChI=1S/C25H32O2/c1-4-7-8-9-10-17-27-25-16-13-20(11-5-2)18-23(25)21-14-15-24(26)22(19-21)12-6-3/h5-6,13-16,18-19,26H,2-4,7-12,17H2,1H3. The predicted molar refractivity (Wildman–Crippen MR) is 116 cm³/mol. The van der Waals surface area contributed by atoms with E-state index < -0.39 is 0 Å². The fourth-order valence-corrected chi connectivity index (χ4v) is 3.18. The van der Waals surface area contributed by atoms with Crippen LogP contribution in [0.1, 0.15) is 50.2 Å². The molecule has 2 aromatic carbocycles. The molecule has 0 aromatic heterocycles. The van der Waals surface area contributed by atoms with Crippen LogP contribution in [-0.2, 0) is 12.8 Å². The zero-order valence-electron chi connectivity index (χ0n) is 16.5. The quantitative estimate of drug-likeness (QED) is 0.329. The third-order valence-corrected chi connectivity index (χ3v) is 4.68. The molecule has 2 aromatic rings. The maximum atomic E-state index is 10.1. The largest absolute Gasteiger partial charge is 0.508 e. The summed E-state index contributed by atoms with van der Waals surface area (Å²) in [6, 6.07) is 12.0. The molecule has 0 bridgehead atoms. The average Bonchev–Trinajstić information content (AvgIpc) is 2.67. The van der Waals surface area contributed by atoms with Gasteiger partial charge < -0.3 is 9.84 Å². The molecule has 0 saturated heterocycles. The number of benzene rings is 2. The molecule has 144 valence electrons. The summed E-state index contributed by atoms with van der Waals surface area (Å²) in [7, 11) is 0. The summed E-state index contributed by atoms with van der Waals surface area (Å²) in [5, 5.41) is 10.1. The Labute approximate surface area is 164 Å². The molecular weight excluding hydrogens is 332 g/mol. The second-order valence-electron chi connectivity index (χ2n) is 6.92. The maximum absolute atomic E-state index is 10.1. The monoisotopic (exact) mass is 364 g/mol. The molecule has 27 heavy (non-hydrogen) atoms. The van der Waals surface area contributed by atoms with Gasteiger partial charge in [-0.15, -0.1) is 13.2 Å². The van der Waals surface area contributed by atoms with Crippen LogP contribution in [0.5, 0.6) is 11.5 Å². The lowest BCUT2D eigenvalue weighted by atomic mass is 9.97. The highest BCUT2D eigenvalue weighted by molar-refractivity contribution is 5.72. The topological polar surface area (TPSA) is 29.5 Å². The highest BCUT2D eigenvalue weighted by Crippen LogP contribution is 2.34. The summed E-state index contributed by atoms with van der Waals surface area (Å²) in [6.45, 7) is 10.6. The van der Waals surface area contributed by atoms with Crippen molar-refractivity contribution in [3.05, 3.63) is 72.8 Å². The van der Waals surface area contributed by atoms with Crippen molar-refractivity contribution in [2.45, 2.75) is 51.9 Å². The Hall–Kier alpha value is -2.48. The van der Waals surface area contributed by atoms with Crippen LogP contribution in [0.3, 0.4) is 0 Å². The Morgan fingerprint density at radius 1 is 0.926 bits per heavy atom. The molecule has 0 fully saturated rings. The Morgan fingerprint density at radius 2 is 1.70 bits per heavy atom. The molecular formula is C25H32O2. The molecule has 2 heteroatoms. The van der Waals surface area contributed by atoms with Gasteiger partial charge in [-0.05, 0) is 60.2 Å². The summed E-state index contributed by atoms with van der Waals surface area (Å²) >= 11 is 0. The van der Waals surface area contributed by atoms with Gasteiger partial charge in [0.25, 0.3) is 0 Å². The lowest BCUT2D eigenvalue weighted by Gasteiger charge is -2.15. The van der Waals surface area contributed by atoms with E-state index in [1.807, 2.05) is 18.2 Å². The Morgan fingerprint density at radius 3 is 2.44 bits per heavy atom. The minimum absolute atomic E-state index is 0.305. The first-order valence-electron chi connectivity index (χ1n) is 9.99. The fraction of sp³-hybridized carbons (Fsp3) is 0.360. The van der Waals surface area contributed by atoms with E-state index in [0.29, 0.717) is 12.2 Å². The number of rotatable bonds is 12. The molecule has 2 nitrogen and oxygen atoms in total. The van der Waals surface area contributed by atoms with Crippen molar-refractivity contribution in [3.8, 4) is 22.6 Å². The second-order valence-corrected chi connectivity index (χ2v) is 6.92. The van der Waals surface area contributed by atoms with Crippen molar-refractivity contribution in [3.63, 3.8) is 0 Å². The van der Waals surface area contributed by atoms with Crippen LogP contribution in [0.2, 0.25) is 0 Å². The van der Waals surface area contributed by atoms with Gasteiger partial charge in [0.1, 0.15) is 11.5 Å². The summed E-state index contributed by atoms with van der Waals surface area (Å²) in [5.74, 6) is 1.20. The van der Waals surface area contributed by atoms with E-state index in [4.69, 9.17) is 4.74 Å². The molecule has 0 aliphatic heterocycles. The van der Waals surface area contributed by atoms with Crippen molar-refractivity contribution in [2.24, 2.45) is 0 Å². The summed E-state index contributed by atoms with van der Waals surface area (Å²) in [6.07, 6.45) is 11.3. The number of aromatic hydroxyl groups is 1. The maximum Gasteiger partial charge on any atom is 0.127 e. The third kappa shape index (κ3) is 6.32. The molecule has 2 rings (SSSR count). The van der Waals surface area contributed by atoms with Crippen LogP contribution < -0.4 is 4.74 Å². The smallest absolute Gasteiger partial charge is 0.127 e. The van der Waals surface area contributed by atoms with Crippen LogP contribution in [-0.4, -0.2) is 11.7 Å². The molecule has 0 atom stereocenters. The minimum atomic E-state index is 0.305. The van der Waals surface area contributed by atoms with E-state index in [0.717, 1.165) is 41.9 Å². The number of ether oxygens (including phenoxy) is 1. The number of unbranched alkanes of at least 4 members (excludes halogenated alkanes) is 4. The SMILES string of the molecule is C=CCc1ccc(OCCCCCCC)c(-c2ccc(O)c(CC=C)c2)c1. The predicted octanol–water partition coefficient (Wildman–Crippen LogP) is 6.87. The van der Waals surface area contributed by atoms with Gasteiger partial charge in [0.2, 0.25) is 0 Å². The first-order valence-corrected chi connectivity index (χ1v) is 9.99. The number of allylic oxidation sites excluding steroid dienone is 2. The zero-order chi connectivity index (χ0) is 19.5. The third-order valence-electron chi connectivity index (χ3n) is 4.68. The van der Waals surface area contributed by atoms with Crippen LogP contribution in [0, 0.1) is 0 Å². The van der Waals surface area contributed by atoms with Crippen molar-refractivity contribution >= 4 is 0 Å². The van der Waals surface area contributed by atoms with E-state index in [9.17, 15) is 5.11 Å².